The lowest BCUT2D eigenvalue weighted by Gasteiger charge is -2.15. The molecule has 2 fully saturated rings. The van der Waals surface area contributed by atoms with Crippen LogP contribution in [0.3, 0.4) is 0 Å². The maximum atomic E-state index is 12.1. The molecule has 1 N–H and O–H groups in total. The van der Waals surface area contributed by atoms with E-state index in [-0.39, 0.29) is 5.91 Å². The van der Waals surface area contributed by atoms with Gasteiger partial charge in [-0.1, -0.05) is 42.5 Å². The summed E-state index contributed by atoms with van der Waals surface area (Å²) >= 11 is 0. The highest BCUT2D eigenvalue weighted by Crippen LogP contribution is 2.31. The first-order valence-corrected chi connectivity index (χ1v) is 9.26. The van der Waals surface area contributed by atoms with Crippen LogP contribution in [0.1, 0.15) is 31.2 Å². The topological polar surface area (TPSA) is 32.3 Å². The molecular weight excluding hydrogens is 296 g/mol. The molecule has 1 saturated heterocycles. The average molecular weight is 322 g/mol. The molecule has 126 valence electrons. The molecule has 3 heteroatoms. The third-order valence-corrected chi connectivity index (χ3v) is 5.42. The van der Waals surface area contributed by atoms with Crippen molar-refractivity contribution < 1.29 is 4.79 Å². The van der Waals surface area contributed by atoms with Crippen molar-refractivity contribution in [3.05, 3.63) is 48.0 Å². The fraction of sp³-hybridized carbons (Fsp3) is 0.476. The van der Waals surface area contributed by atoms with Crippen LogP contribution < -0.4 is 5.32 Å². The van der Waals surface area contributed by atoms with Gasteiger partial charge in [0.2, 0.25) is 5.91 Å². The van der Waals surface area contributed by atoms with Crippen LogP contribution in [0.2, 0.25) is 0 Å². The Balaban J connectivity index is 1.22. The van der Waals surface area contributed by atoms with Crippen LogP contribution in [0, 0.1) is 5.92 Å². The van der Waals surface area contributed by atoms with Gasteiger partial charge >= 0.3 is 0 Å². The SMILES string of the molecule is O=C(CCc1ccc2ccccc2c1)NC[C@@H]1CCN(C2CC2)C1. The third kappa shape index (κ3) is 3.78. The van der Waals surface area contributed by atoms with E-state index >= 15 is 0 Å². The summed E-state index contributed by atoms with van der Waals surface area (Å²) in [5, 5.41) is 5.65. The van der Waals surface area contributed by atoms with Crippen molar-refractivity contribution in [1.29, 1.82) is 0 Å². The van der Waals surface area contributed by atoms with Gasteiger partial charge in [-0.05, 0) is 54.5 Å². The molecule has 0 radical (unpaired) electrons. The molecule has 1 atom stereocenters. The maximum absolute atomic E-state index is 12.1. The lowest BCUT2D eigenvalue weighted by Crippen LogP contribution is -2.31. The van der Waals surface area contributed by atoms with E-state index in [4.69, 9.17) is 0 Å². The Kier molecular flexibility index (Phi) is 4.52. The second-order valence-electron chi connectivity index (χ2n) is 7.37. The Hall–Kier alpha value is -1.87. The van der Waals surface area contributed by atoms with Crippen LogP contribution in [0.25, 0.3) is 10.8 Å². The largest absolute Gasteiger partial charge is 0.356 e. The van der Waals surface area contributed by atoms with Crippen LogP contribution in [-0.2, 0) is 11.2 Å². The second-order valence-corrected chi connectivity index (χ2v) is 7.37. The number of benzene rings is 2. The average Bonchev–Trinajstić information content (AvgIpc) is 3.36. The normalized spacial score (nSPS) is 21.2. The van der Waals surface area contributed by atoms with Crippen molar-refractivity contribution in [2.45, 2.75) is 38.1 Å². The van der Waals surface area contributed by atoms with Crippen molar-refractivity contribution in [3.8, 4) is 0 Å². The van der Waals surface area contributed by atoms with Gasteiger partial charge in [0.25, 0.3) is 0 Å². The van der Waals surface area contributed by atoms with E-state index in [2.05, 4.69) is 52.7 Å². The number of hydrogen-bond donors (Lipinski definition) is 1. The van der Waals surface area contributed by atoms with Gasteiger partial charge in [-0.15, -0.1) is 0 Å². The van der Waals surface area contributed by atoms with Crippen LogP contribution in [0.4, 0.5) is 0 Å². The van der Waals surface area contributed by atoms with Gasteiger partial charge in [0.1, 0.15) is 0 Å². The number of carbonyl (C=O) groups is 1. The first-order chi connectivity index (χ1) is 11.8. The van der Waals surface area contributed by atoms with Gasteiger partial charge in [0.05, 0.1) is 0 Å². The summed E-state index contributed by atoms with van der Waals surface area (Å²) in [7, 11) is 0. The van der Waals surface area contributed by atoms with Crippen LogP contribution in [0.15, 0.2) is 42.5 Å². The predicted molar refractivity (Wildman–Crippen MR) is 98.0 cm³/mol. The zero-order valence-electron chi connectivity index (χ0n) is 14.2. The van der Waals surface area contributed by atoms with E-state index in [1.54, 1.807) is 0 Å². The minimum absolute atomic E-state index is 0.188. The summed E-state index contributed by atoms with van der Waals surface area (Å²) in [6, 6.07) is 15.7. The molecule has 3 nitrogen and oxygen atoms in total. The molecule has 2 aliphatic rings. The Bertz CT molecular complexity index is 723. The van der Waals surface area contributed by atoms with Crippen LogP contribution >= 0.6 is 0 Å². The molecule has 0 aromatic heterocycles. The molecule has 1 aliphatic heterocycles. The standard InChI is InChI=1S/C21H26N2O/c24-21(22-14-17-11-12-23(15-17)20-8-9-20)10-6-16-5-7-18-3-1-2-4-19(18)13-16/h1-5,7,13,17,20H,6,8-12,14-15H2,(H,22,24)/t17-/m0/s1. The smallest absolute Gasteiger partial charge is 0.220 e. The van der Waals surface area contributed by atoms with Gasteiger partial charge < -0.3 is 10.2 Å². The van der Waals surface area contributed by atoms with Gasteiger partial charge in [0, 0.05) is 25.6 Å². The number of hydrogen-bond acceptors (Lipinski definition) is 2. The quantitative estimate of drug-likeness (QED) is 0.884. The minimum atomic E-state index is 0.188. The monoisotopic (exact) mass is 322 g/mol. The van der Waals surface area contributed by atoms with E-state index in [0.29, 0.717) is 12.3 Å². The summed E-state index contributed by atoms with van der Waals surface area (Å²) in [6.07, 6.45) is 5.39. The molecule has 1 heterocycles. The lowest BCUT2D eigenvalue weighted by molar-refractivity contribution is -0.121. The molecule has 0 spiro atoms. The van der Waals surface area contributed by atoms with Gasteiger partial charge in [-0.2, -0.15) is 0 Å². The highest BCUT2D eigenvalue weighted by molar-refractivity contribution is 5.83. The lowest BCUT2D eigenvalue weighted by atomic mass is 10.0. The van der Waals surface area contributed by atoms with Gasteiger partial charge in [0.15, 0.2) is 0 Å². The molecule has 1 saturated carbocycles. The van der Waals surface area contributed by atoms with E-state index in [0.717, 1.165) is 19.0 Å². The molecule has 0 bridgehead atoms. The summed E-state index contributed by atoms with van der Waals surface area (Å²) in [4.78, 5) is 14.7. The molecule has 0 unspecified atom stereocenters. The molecule has 1 amide bonds. The number of likely N-dealkylation sites (tertiary alicyclic amines) is 1. The first-order valence-electron chi connectivity index (χ1n) is 9.26. The van der Waals surface area contributed by atoms with Crippen LogP contribution in [0.5, 0.6) is 0 Å². The van der Waals surface area contributed by atoms with Gasteiger partial charge in [-0.3, -0.25) is 4.79 Å². The van der Waals surface area contributed by atoms with Crippen molar-refractivity contribution >= 4 is 16.7 Å². The number of nitrogens with one attached hydrogen (secondary N) is 1. The predicted octanol–water partition coefficient (Wildman–Crippen LogP) is 3.37. The zero-order chi connectivity index (χ0) is 16.4. The minimum Gasteiger partial charge on any atom is -0.356 e. The fourth-order valence-electron chi connectivity index (χ4n) is 3.80. The third-order valence-electron chi connectivity index (χ3n) is 5.42. The molecule has 4 rings (SSSR count). The molecular formula is C21H26N2O. The number of nitrogens with zero attached hydrogens (tertiary/aromatic N) is 1. The van der Waals surface area contributed by atoms with E-state index in [1.165, 1.54) is 48.7 Å². The number of aryl methyl sites for hydroxylation is 1. The number of fused-ring (bicyclic) bond motifs is 1. The second kappa shape index (κ2) is 6.94. The van der Waals surface area contributed by atoms with E-state index < -0.39 is 0 Å². The summed E-state index contributed by atoms with van der Waals surface area (Å²) in [5.41, 5.74) is 1.24. The van der Waals surface area contributed by atoms with Crippen molar-refractivity contribution in [3.63, 3.8) is 0 Å². The molecule has 2 aromatic rings. The summed E-state index contributed by atoms with van der Waals surface area (Å²) in [5.74, 6) is 0.836. The number of amides is 1. The van der Waals surface area contributed by atoms with Crippen molar-refractivity contribution in [2.24, 2.45) is 5.92 Å². The maximum Gasteiger partial charge on any atom is 0.220 e. The van der Waals surface area contributed by atoms with Crippen molar-refractivity contribution in [1.82, 2.24) is 10.2 Å². The molecule has 2 aromatic carbocycles. The van der Waals surface area contributed by atoms with E-state index in [1.807, 2.05) is 0 Å². The highest BCUT2D eigenvalue weighted by atomic mass is 16.1. The summed E-state index contributed by atoms with van der Waals surface area (Å²) in [6.45, 7) is 3.25. The highest BCUT2D eigenvalue weighted by Gasteiger charge is 2.34. The number of carbonyl (C=O) groups excluding carboxylic acids is 1. The Morgan fingerprint density at radius 2 is 1.92 bits per heavy atom. The van der Waals surface area contributed by atoms with E-state index in [9.17, 15) is 4.79 Å². The zero-order valence-corrected chi connectivity index (χ0v) is 14.2. The first kappa shape index (κ1) is 15.6. The number of rotatable bonds is 6. The van der Waals surface area contributed by atoms with Crippen LogP contribution in [-0.4, -0.2) is 36.5 Å². The Morgan fingerprint density at radius 3 is 2.75 bits per heavy atom. The molecule has 24 heavy (non-hydrogen) atoms. The summed E-state index contributed by atoms with van der Waals surface area (Å²) < 4.78 is 0. The Morgan fingerprint density at radius 1 is 1.08 bits per heavy atom. The van der Waals surface area contributed by atoms with Gasteiger partial charge in [-0.25, -0.2) is 0 Å². The molecule has 1 aliphatic carbocycles. The Labute approximate surface area is 144 Å². The van der Waals surface area contributed by atoms with Crippen molar-refractivity contribution in [2.75, 3.05) is 19.6 Å². The fourth-order valence-corrected chi connectivity index (χ4v) is 3.80.